The molecule has 126 valence electrons. The Balaban J connectivity index is 1.69. The Morgan fingerprint density at radius 3 is 2.83 bits per heavy atom. The third-order valence-corrected chi connectivity index (χ3v) is 4.49. The number of hydrogen-bond acceptors (Lipinski definition) is 4. The molecule has 0 aliphatic carbocycles. The third kappa shape index (κ3) is 5.35. The number of unbranched alkanes of at least 4 members (excludes halogenated alkanes) is 1. The van der Waals surface area contributed by atoms with Gasteiger partial charge < -0.3 is 14.8 Å². The van der Waals surface area contributed by atoms with Crippen molar-refractivity contribution in [3.63, 3.8) is 0 Å². The minimum atomic E-state index is 0.776. The molecule has 6 nitrogen and oxygen atoms in total. The number of nitrogens with one attached hydrogen (secondary N) is 1. The predicted octanol–water partition coefficient (Wildman–Crippen LogP) is 2.44. The lowest BCUT2D eigenvalue weighted by Crippen LogP contribution is -2.39. The average Bonchev–Trinajstić information content (AvgIpc) is 3.11. The molecule has 0 spiro atoms. The highest BCUT2D eigenvalue weighted by Crippen LogP contribution is 2.09. The fraction of sp³-hybridized carbons (Fsp3) is 0.562. The van der Waals surface area contributed by atoms with Crippen molar-refractivity contribution in [2.45, 2.75) is 39.8 Å². The molecule has 0 radical (unpaired) electrons. The number of aliphatic imine (C=N–C) groups is 1. The minimum absolute atomic E-state index is 0.776. The van der Waals surface area contributed by atoms with E-state index in [-0.39, 0.29) is 0 Å². The van der Waals surface area contributed by atoms with Gasteiger partial charge in [0, 0.05) is 45.0 Å². The normalized spacial score (nSPS) is 11.7. The number of rotatable bonds is 7. The number of guanidine groups is 1. The van der Waals surface area contributed by atoms with E-state index >= 15 is 0 Å². The van der Waals surface area contributed by atoms with Crippen LogP contribution < -0.4 is 5.32 Å². The van der Waals surface area contributed by atoms with Gasteiger partial charge >= 0.3 is 0 Å². The largest absolute Gasteiger partial charge is 0.356 e. The second-order valence-electron chi connectivity index (χ2n) is 5.56. The van der Waals surface area contributed by atoms with E-state index in [4.69, 9.17) is 0 Å². The lowest BCUT2D eigenvalue weighted by atomic mass is 10.3. The van der Waals surface area contributed by atoms with Gasteiger partial charge in [0.15, 0.2) is 5.96 Å². The van der Waals surface area contributed by atoms with Crippen LogP contribution in [0.2, 0.25) is 0 Å². The van der Waals surface area contributed by atoms with Gasteiger partial charge in [0.05, 0.1) is 17.2 Å². The number of nitrogens with zero attached hydrogens (tertiary/aromatic N) is 5. The molecule has 2 heterocycles. The van der Waals surface area contributed by atoms with Crippen LogP contribution in [0.25, 0.3) is 0 Å². The van der Waals surface area contributed by atoms with Crippen molar-refractivity contribution in [2.24, 2.45) is 4.99 Å². The number of imidazole rings is 1. The molecule has 0 atom stereocenters. The maximum atomic E-state index is 4.50. The maximum Gasteiger partial charge on any atom is 0.193 e. The Hall–Kier alpha value is -1.89. The van der Waals surface area contributed by atoms with Crippen LogP contribution >= 0.6 is 11.3 Å². The van der Waals surface area contributed by atoms with Gasteiger partial charge in [0.25, 0.3) is 0 Å². The summed E-state index contributed by atoms with van der Waals surface area (Å²) < 4.78 is 2.19. The Morgan fingerprint density at radius 2 is 2.22 bits per heavy atom. The summed E-state index contributed by atoms with van der Waals surface area (Å²) in [7, 11) is 3.86. The van der Waals surface area contributed by atoms with E-state index in [0.717, 1.165) is 55.0 Å². The van der Waals surface area contributed by atoms with Crippen molar-refractivity contribution >= 4 is 17.3 Å². The summed E-state index contributed by atoms with van der Waals surface area (Å²) in [6, 6.07) is 0. The maximum absolute atomic E-state index is 4.50. The predicted molar refractivity (Wildman–Crippen MR) is 95.9 cm³/mol. The quantitative estimate of drug-likeness (QED) is 0.480. The van der Waals surface area contributed by atoms with E-state index in [9.17, 15) is 0 Å². The van der Waals surface area contributed by atoms with Gasteiger partial charge in [-0.25, -0.2) is 9.97 Å². The fourth-order valence-corrected chi connectivity index (χ4v) is 3.03. The average molecular weight is 334 g/mol. The summed E-state index contributed by atoms with van der Waals surface area (Å²) >= 11 is 1.68. The molecule has 0 fully saturated rings. The minimum Gasteiger partial charge on any atom is -0.356 e. The highest BCUT2D eigenvalue weighted by molar-refractivity contribution is 7.09. The van der Waals surface area contributed by atoms with Gasteiger partial charge in [0.2, 0.25) is 0 Å². The first-order valence-corrected chi connectivity index (χ1v) is 8.78. The second kappa shape index (κ2) is 8.67. The van der Waals surface area contributed by atoms with Crippen molar-refractivity contribution in [2.75, 3.05) is 20.6 Å². The van der Waals surface area contributed by atoms with Crippen LogP contribution in [0, 0.1) is 13.8 Å². The van der Waals surface area contributed by atoms with Crippen molar-refractivity contribution in [3.05, 3.63) is 34.3 Å². The number of thiazole rings is 1. The molecule has 0 aromatic carbocycles. The summed E-state index contributed by atoms with van der Waals surface area (Å²) in [6.07, 6.45) is 6.10. The summed E-state index contributed by atoms with van der Waals surface area (Å²) in [5.74, 6) is 1.99. The van der Waals surface area contributed by atoms with Gasteiger partial charge in [-0.1, -0.05) is 0 Å². The molecule has 0 aliphatic heterocycles. The smallest absolute Gasteiger partial charge is 0.193 e. The number of aromatic nitrogens is 3. The first kappa shape index (κ1) is 17.5. The fourth-order valence-electron chi connectivity index (χ4n) is 2.43. The van der Waals surface area contributed by atoms with Gasteiger partial charge in [-0.3, -0.25) is 4.99 Å². The zero-order valence-electron chi connectivity index (χ0n) is 14.4. The molecule has 2 rings (SSSR count). The Labute approximate surface area is 142 Å². The van der Waals surface area contributed by atoms with Crippen LogP contribution in [0.15, 0.2) is 22.8 Å². The summed E-state index contributed by atoms with van der Waals surface area (Å²) in [4.78, 5) is 15.2. The number of aryl methyl sites for hydroxylation is 3. The van der Waals surface area contributed by atoms with Crippen LogP contribution in [0.4, 0.5) is 0 Å². The lowest BCUT2D eigenvalue weighted by molar-refractivity contribution is 0.467. The summed E-state index contributed by atoms with van der Waals surface area (Å²) in [5.41, 5.74) is 1.09. The first-order valence-electron chi connectivity index (χ1n) is 7.90. The van der Waals surface area contributed by atoms with Gasteiger partial charge in [-0.2, -0.15) is 0 Å². The monoisotopic (exact) mass is 334 g/mol. The van der Waals surface area contributed by atoms with Crippen LogP contribution in [0.3, 0.4) is 0 Å². The molecule has 2 aromatic heterocycles. The van der Waals surface area contributed by atoms with Crippen molar-refractivity contribution in [3.8, 4) is 0 Å². The first-order chi connectivity index (χ1) is 11.1. The van der Waals surface area contributed by atoms with Crippen molar-refractivity contribution < 1.29 is 0 Å². The van der Waals surface area contributed by atoms with Gasteiger partial charge in [-0.05, 0) is 26.7 Å². The standard InChI is InChI=1S/C16H26N6S/c1-13-18-8-10-22(13)9-6-5-7-19-16(17-3)21(4)11-15-12-23-14(2)20-15/h8,10,12H,5-7,9,11H2,1-4H3,(H,17,19). The molecule has 2 aromatic rings. The van der Waals surface area contributed by atoms with Crippen LogP contribution in [0.5, 0.6) is 0 Å². The van der Waals surface area contributed by atoms with Gasteiger partial charge in [-0.15, -0.1) is 11.3 Å². The zero-order valence-corrected chi connectivity index (χ0v) is 15.2. The van der Waals surface area contributed by atoms with E-state index in [1.807, 2.05) is 40.3 Å². The van der Waals surface area contributed by atoms with Crippen molar-refractivity contribution in [1.29, 1.82) is 0 Å². The second-order valence-corrected chi connectivity index (χ2v) is 6.63. The molecule has 0 saturated heterocycles. The number of hydrogen-bond donors (Lipinski definition) is 1. The molecule has 7 heteroatoms. The van der Waals surface area contributed by atoms with E-state index < -0.39 is 0 Å². The summed E-state index contributed by atoms with van der Waals surface area (Å²) in [6.45, 7) is 6.78. The summed E-state index contributed by atoms with van der Waals surface area (Å²) in [5, 5.41) is 6.62. The molecule has 0 amide bonds. The lowest BCUT2D eigenvalue weighted by Gasteiger charge is -2.21. The van der Waals surface area contributed by atoms with Crippen LogP contribution in [0.1, 0.15) is 29.4 Å². The zero-order chi connectivity index (χ0) is 16.7. The van der Waals surface area contributed by atoms with Gasteiger partial charge in [0.1, 0.15) is 5.82 Å². The van der Waals surface area contributed by atoms with Crippen LogP contribution in [-0.2, 0) is 13.1 Å². The Kier molecular flexibility index (Phi) is 6.58. The Bertz CT molecular complexity index is 630. The molecule has 0 aliphatic rings. The van der Waals surface area contributed by atoms with E-state index in [0.29, 0.717) is 0 Å². The third-order valence-electron chi connectivity index (χ3n) is 3.67. The van der Waals surface area contributed by atoms with Crippen LogP contribution in [-0.4, -0.2) is 46.0 Å². The molecule has 23 heavy (non-hydrogen) atoms. The van der Waals surface area contributed by atoms with E-state index in [1.165, 1.54) is 0 Å². The van der Waals surface area contributed by atoms with E-state index in [2.05, 4.69) is 35.1 Å². The molecule has 0 saturated carbocycles. The molecule has 0 bridgehead atoms. The molecular formula is C16H26N6S. The SMILES string of the molecule is CN=C(NCCCCn1ccnc1C)N(C)Cc1csc(C)n1. The Morgan fingerprint density at radius 1 is 1.39 bits per heavy atom. The molecule has 1 N–H and O–H groups in total. The van der Waals surface area contributed by atoms with Crippen molar-refractivity contribution in [1.82, 2.24) is 24.8 Å². The molecule has 0 unspecified atom stereocenters. The topological polar surface area (TPSA) is 58.3 Å². The highest BCUT2D eigenvalue weighted by Gasteiger charge is 2.08. The molecular weight excluding hydrogens is 308 g/mol. The highest BCUT2D eigenvalue weighted by atomic mass is 32.1. The van der Waals surface area contributed by atoms with E-state index in [1.54, 1.807) is 11.3 Å².